The van der Waals surface area contributed by atoms with Crippen LogP contribution < -0.4 is 0 Å². The second-order valence-electron chi connectivity index (χ2n) is 3.16. The van der Waals surface area contributed by atoms with Crippen molar-refractivity contribution in [3.63, 3.8) is 0 Å². The molecule has 0 aliphatic carbocycles. The fourth-order valence-electron chi connectivity index (χ4n) is 1.19. The molecule has 2 aromatic rings. The van der Waals surface area contributed by atoms with E-state index < -0.39 is 5.97 Å². The molecule has 2 rings (SSSR count). The second kappa shape index (κ2) is 5.25. The first-order valence-electron chi connectivity index (χ1n) is 4.72. The van der Waals surface area contributed by atoms with Crippen LogP contribution in [0.2, 0.25) is 5.15 Å². The fourth-order valence-corrected chi connectivity index (χ4v) is 2.13. The number of aromatic carboxylic acids is 1. The van der Waals surface area contributed by atoms with Gasteiger partial charge in [-0.1, -0.05) is 29.4 Å². The molecule has 0 spiro atoms. The van der Waals surface area contributed by atoms with Gasteiger partial charge in [0.2, 0.25) is 5.76 Å². The number of halogens is 1. The van der Waals surface area contributed by atoms with Gasteiger partial charge in [0.25, 0.3) is 0 Å². The van der Waals surface area contributed by atoms with E-state index in [0.717, 1.165) is 5.69 Å². The molecular weight excluding hydrogens is 262 g/mol. The molecule has 0 aromatic carbocycles. The summed E-state index contributed by atoms with van der Waals surface area (Å²) >= 11 is 7.12. The first-order valence-corrected chi connectivity index (χ1v) is 6.09. The van der Waals surface area contributed by atoms with Gasteiger partial charge in [-0.2, -0.15) is 0 Å². The molecule has 0 saturated heterocycles. The Labute approximate surface area is 107 Å². The number of carbonyl (C=O) groups is 1. The standard InChI is InChI=1S/C11H8ClNO3S/c12-9-3-1-2-7(13-9)6-17-10-5-4-8(16-10)11(14)15/h1-5H,6H2,(H,14,15). The van der Waals surface area contributed by atoms with Crippen LogP contribution in [0.15, 0.2) is 39.8 Å². The molecule has 1 N–H and O–H groups in total. The molecule has 17 heavy (non-hydrogen) atoms. The lowest BCUT2D eigenvalue weighted by Crippen LogP contribution is -1.91. The molecule has 0 amide bonds. The lowest BCUT2D eigenvalue weighted by atomic mass is 10.4. The van der Waals surface area contributed by atoms with E-state index >= 15 is 0 Å². The maximum absolute atomic E-state index is 10.6. The summed E-state index contributed by atoms with van der Waals surface area (Å²) in [5, 5.41) is 9.67. The molecule has 0 radical (unpaired) electrons. The molecule has 0 bridgehead atoms. The molecule has 2 aromatic heterocycles. The van der Waals surface area contributed by atoms with Crippen LogP contribution in [0.5, 0.6) is 0 Å². The third-order valence-corrected chi connectivity index (χ3v) is 3.08. The number of furan rings is 1. The van der Waals surface area contributed by atoms with Gasteiger partial charge in [-0.05, 0) is 24.3 Å². The van der Waals surface area contributed by atoms with Crippen LogP contribution in [0.3, 0.4) is 0 Å². The van der Waals surface area contributed by atoms with E-state index in [1.54, 1.807) is 12.1 Å². The van der Waals surface area contributed by atoms with E-state index in [9.17, 15) is 4.79 Å². The van der Waals surface area contributed by atoms with Crippen LogP contribution >= 0.6 is 23.4 Å². The number of carboxylic acids is 1. The van der Waals surface area contributed by atoms with Gasteiger partial charge in [0.05, 0.1) is 5.69 Å². The molecular formula is C11H8ClNO3S. The summed E-state index contributed by atoms with van der Waals surface area (Å²) in [7, 11) is 0. The van der Waals surface area contributed by atoms with Crippen molar-refractivity contribution in [2.75, 3.05) is 0 Å². The molecule has 0 fully saturated rings. The van der Waals surface area contributed by atoms with E-state index in [1.807, 2.05) is 12.1 Å². The number of rotatable bonds is 4. The van der Waals surface area contributed by atoms with Crippen LogP contribution in [0, 0.1) is 0 Å². The Morgan fingerprint density at radius 3 is 2.88 bits per heavy atom. The summed E-state index contributed by atoms with van der Waals surface area (Å²) in [5.74, 6) is -0.558. The Morgan fingerprint density at radius 1 is 1.41 bits per heavy atom. The quantitative estimate of drug-likeness (QED) is 0.681. The largest absolute Gasteiger partial charge is 0.475 e. The van der Waals surface area contributed by atoms with Crippen molar-refractivity contribution in [1.82, 2.24) is 4.98 Å². The highest BCUT2D eigenvalue weighted by Crippen LogP contribution is 2.24. The average molecular weight is 270 g/mol. The molecule has 0 saturated carbocycles. The van der Waals surface area contributed by atoms with Crippen LogP contribution in [0.4, 0.5) is 0 Å². The zero-order chi connectivity index (χ0) is 12.3. The monoisotopic (exact) mass is 269 g/mol. The molecule has 0 atom stereocenters. The zero-order valence-electron chi connectivity index (χ0n) is 8.59. The van der Waals surface area contributed by atoms with Crippen molar-refractivity contribution < 1.29 is 14.3 Å². The topological polar surface area (TPSA) is 63.3 Å². The minimum Gasteiger partial charge on any atom is -0.475 e. The van der Waals surface area contributed by atoms with Crippen molar-refractivity contribution in [3.8, 4) is 0 Å². The summed E-state index contributed by atoms with van der Waals surface area (Å²) in [6, 6.07) is 8.41. The zero-order valence-corrected chi connectivity index (χ0v) is 10.2. The molecule has 0 unspecified atom stereocenters. The van der Waals surface area contributed by atoms with Gasteiger partial charge in [0, 0.05) is 5.75 Å². The minimum absolute atomic E-state index is 0.0634. The molecule has 4 nitrogen and oxygen atoms in total. The minimum atomic E-state index is -1.07. The Bertz CT molecular complexity index is 541. The van der Waals surface area contributed by atoms with Gasteiger partial charge in [0.15, 0.2) is 5.09 Å². The third-order valence-electron chi connectivity index (χ3n) is 1.93. The number of carboxylic acid groups (broad SMARTS) is 1. The van der Waals surface area contributed by atoms with Crippen molar-refractivity contribution >= 4 is 29.3 Å². The molecule has 88 valence electrons. The molecule has 6 heteroatoms. The summed E-state index contributed by atoms with van der Waals surface area (Å²) in [4.78, 5) is 14.7. The lowest BCUT2D eigenvalue weighted by Gasteiger charge is -1.98. The van der Waals surface area contributed by atoms with Gasteiger partial charge in [-0.3, -0.25) is 0 Å². The normalized spacial score (nSPS) is 10.4. The Hall–Kier alpha value is -1.46. The molecule has 0 aliphatic heterocycles. The number of aromatic nitrogens is 1. The number of hydrogen-bond donors (Lipinski definition) is 1. The Balaban J connectivity index is 2.00. The fraction of sp³-hybridized carbons (Fsp3) is 0.0909. The lowest BCUT2D eigenvalue weighted by molar-refractivity contribution is 0.0656. The highest BCUT2D eigenvalue weighted by atomic mass is 35.5. The second-order valence-corrected chi connectivity index (χ2v) is 4.53. The highest BCUT2D eigenvalue weighted by Gasteiger charge is 2.09. The number of thioether (sulfide) groups is 1. The van der Waals surface area contributed by atoms with Gasteiger partial charge < -0.3 is 9.52 Å². The van der Waals surface area contributed by atoms with Crippen molar-refractivity contribution in [1.29, 1.82) is 0 Å². The maximum Gasteiger partial charge on any atom is 0.371 e. The Kier molecular flexibility index (Phi) is 3.71. The smallest absolute Gasteiger partial charge is 0.371 e. The number of hydrogen-bond acceptors (Lipinski definition) is 4. The predicted octanol–water partition coefficient (Wildman–Crippen LogP) is 3.32. The van der Waals surface area contributed by atoms with Gasteiger partial charge in [0.1, 0.15) is 5.15 Å². The van der Waals surface area contributed by atoms with E-state index in [4.69, 9.17) is 21.1 Å². The summed E-state index contributed by atoms with van der Waals surface area (Å²) in [5.41, 5.74) is 0.816. The van der Waals surface area contributed by atoms with Crippen LogP contribution in [0.25, 0.3) is 0 Å². The summed E-state index contributed by atoms with van der Waals surface area (Å²) in [6.45, 7) is 0. The van der Waals surface area contributed by atoms with Crippen molar-refractivity contribution in [2.24, 2.45) is 0 Å². The van der Waals surface area contributed by atoms with E-state index in [2.05, 4.69) is 4.98 Å². The average Bonchev–Trinajstić information content (AvgIpc) is 2.75. The van der Waals surface area contributed by atoms with Crippen molar-refractivity contribution in [2.45, 2.75) is 10.8 Å². The van der Waals surface area contributed by atoms with E-state index in [-0.39, 0.29) is 5.76 Å². The molecule has 2 heterocycles. The Morgan fingerprint density at radius 2 is 2.24 bits per heavy atom. The van der Waals surface area contributed by atoms with Crippen LogP contribution in [-0.2, 0) is 5.75 Å². The van der Waals surface area contributed by atoms with Crippen LogP contribution in [-0.4, -0.2) is 16.1 Å². The van der Waals surface area contributed by atoms with Gasteiger partial charge in [-0.25, -0.2) is 9.78 Å². The first-order chi connectivity index (χ1) is 8.15. The maximum atomic E-state index is 10.6. The third kappa shape index (κ3) is 3.25. The first kappa shape index (κ1) is 12.0. The SMILES string of the molecule is O=C(O)c1ccc(SCc2cccc(Cl)n2)o1. The van der Waals surface area contributed by atoms with Gasteiger partial charge in [-0.15, -0.1) is 0 Å². The predicted molar refractivity (Wildman–Crippen MR) is 64.5 cm³/mol. The number of pyridine rings is 1. The highest BCUT2D eigenvalue weighted by molar-refractivity contribution is 7.98. The van der Waals surface area contributed by atoms with E-state index in [0.29, 0.717) is 16.0 Å². The van der Waals surface area contributed by atoms with E-state index in [1.165, 1.54) is 17.8 Å². The summed E-state index contributed by atoms with van der Waals surface area (Å²) < 4.78 is 5.10. The van der Waals surface area contributed by atoms with Crippen molar-refractivity contribution in [3.05, 3.63) is 46.9 Å². The van der Waals surface area contributed by atoms with Gasteiger partial charge >= 0.3 is 5.97 Å². The summed E-state index contributed by atoms with van der Waals surface area (Å²) in [6.07, 6.45) is 0. The molecule has 0 aliphatic rings. The van der Waals surface area contributed by atoms with Crippen LogP contribution in [0.1, 0.15) is 16.2 Å². The number of nitrogens with zero attached hydrogens (tertiary/aromatic N) is 1.